The molecule has 0 unspecified atom stereocenters. The zero-order valence-corrected chi connectivity index (χ0v) is 18.3. The number of anilines is 1. The van der Waals surface area contributed by atoms with Gasteiger partial charge in [0.05, 0.1) is 4.90 Å². The monoisotopic (exact) mass is 429 g/mol. The van der Waals surface area contributed by atoms with Crippen LogP contribution in [0.4, 0.5) is 5.69 Å². The molecule has 0 saturated carbocycles. The molecule has 0 aliphatic carbocycles. The lowest BCUT2D eigenvalue weighted by molar-refractivity contribution is 0.0960. The number of sulfonamides is 1. The summed E-state index contributed by atoms with van der Waals surface area (Å²) < 4.78 is 27.2. The first kappa shape index (κ1) is 22.0. The highest BCUT2D eigenvalue weighted by Gasteiger charge is 2.28. The van der Waals surface area contributed by atoms with Crippen molar-refractivity contribution in [2.24, 2.45) is 5.92 Å². The maximum Gasteiger partial charge on any atom is 0.255 e. The van der Waals surface area contributed by atoms with Crippen LogP contribution in [0.25, 0.3) is 0 Å². The molecule has 0 atom stereocenters. The Hall–Kier alpha value is -2.71. The molecule has 3 rings (SSSR count). The molecule has 1 fully saturated rings. The molecule has 2 aromatic carbocycles. The topological polar surface area (TPSA) is 95.6 Å². The fraction of sp³-hybridized carbons (Fsp3) is 0.364. The molecule has 1 heterocycles. The van der Waals surface area contributed by atoms with Gasteiger partial charge in [-0.1, -0.05) is 13.0 Å². The van der Waals surface area contributed by atoms with Crippen LogP contribution in [0.3, 0.4) is 0 Å². The fourth-order valence-corrected chi connectivity index (χ4v) is 4.97. The van der Waals surface area contributed by atoms with Crippen LogP contribution >= 0.6 is 0 Å². The average molecular weight is 430 g/mol. The first-order valence-corrected chi connectivity index (χ1v) is 11.4. The number of benzene rings is 2. The lowest BCUT2D eigenvalue weighted by Gasteiger charge is -2.29. The number of piperidine rings is 1. The molecule has 2 aromatic rings. The fourth-order valence-electron chi connectivity index (χ4n) is 3.50. The summed E-state index contributed by atoms with van der Waals surface area (Å²) in [5, 5.41) is 5.36. The quantitative estimate of drug-likeness (QED) is 0.764. The summed E-state index contributed by atoms with van der Waals surface area (Å²) >= 11 is 0. The molecule has 0 spiro atoms. The molecule has 1 saturated heterocycles. The highest BCUT2D eigenvalue weighted by atomic mass is 32.2. The zero-order valence-electron chi connectivity index (χ0n) is 17.4. The zero-order chi connectivity index (χ0) is 21.9. The van der Waals surface area contributed by atoms with Gasteiger partial charge in [0.15, 0.2) is 0 Å². The molecule has 2 amide bonds. The molecular weight excluding hydrogens is 402 g/mol. The van der Waals surface area contributed by atoms with Crippen LogP contribution in [0.2, 0.25) is 0 Å². The Kier molecular flexibility index (Phi) is 6.58. The van der Waals surface area contributed by atoms with Crippen LogP contribution in [0, 0.1) is 12.8 Å². The van der Waals surface area contributed by atoms with Crippen LogP contribution in [0.15, 0.2) is 47.4 Å². The van der Waals surface area contributed by atoms with Crippen molar-refractivity contribution in [3.8, 4) is 0 Å². The summed E-state index contributed by atoms with van der Waals surface area (Å²) in [4.78, 5) is 24.8. The normalized spacial score (nSPS) is 15.6. The Labute approximate surface area is 177 Å². The van der Waals surface area contributed by atoms with Gasteiger partial charge in [-0.3, -0.25) is 9.59 Å². The first-order valence-electron chi connectivity index (χ1n) is 9.97. The predicted octanol–water partition coefficient (Wildman–Crippen LogP) is 3.03. The maximum absolute atomic E-state index is 12.8. The second-order valence-electron chi connectivity index (χ2n) is 7.62. The smallest absolute Gasteiger partial charge is 0.255 e. The van der Waals surface area contributed by atoms with Gasteiger partial charge in [0.25, 0.3) is 11.8 Å². The number of nitrogens with zero attached hydrogens (tertiary/aromatic N) is 1. The predicted molar refractivity (Wildman–Crippen MR) is 116 cm³/mol. The van der Waals surface area contributed by atoms with E-state index in [-0.39, 0.29) is 16.7 Å². The third-order valence-corrected chi connectivity index (χ3v) is 7.46. The van der Waals surface area contributed by atoms with Crippen LogP contribution < -0.4 is 10.6 Å². The SMILES string of the molecule is CNC(=O)c1cccc(NC(=O)c2ccc(S(=O)(=O)N3CCC(C)CC3)cc2)c1C. The van der Waals surface area contributed by atoms with Gasteiger partial charge in [-0.25, -0.2) is 8.42 Å². The summed E-state index contributed by atoms with van der Waals surface area (Å²) in [7, 11) is -2.01. The maximum atomic E-state index is 12.8. The first-order chi connectivity index (χ1) is 14.2. The van der Waals surface area contributed by atoms with Gasteiger partial charge in [-0.05, 0) is 67.6 Å². The van der Waals surface area contributed by atoms with Crippen molar-refractivity contribution in [3.63, 3.8) is 0 Å². The number of nitrogens with one attached hydrogen (secondary N) is 2. The standard InChI is InChI=1S/C22H27N3O4S/c1-15-11-13-25(14-12-15)30(28,29)18-9-7-17(8-10-18)21(26)24-20-6-4-5-19(16(20)2)22(27)23-3/h4-10,15H,11-14H2,1-3H3,(H,23,27)(H,24,26). The highest BCUT2D eigenvalue weighted by Crippen LogP contribution is 2.24. The molecule has 0 bridgehead atoms. The van der Waals surface area contributed by atoms with E-state index in [2.05, 4.69) is 17.6 Å². The minimum Gasteiger partial charge on any atom is -0.355 e. The van der Waals surface area contributed by atoms with Crippen LogP contribution in [-0.4, -0.2) is 44.7 Å². The molecule has 0 radical (unpaired) electrons. The summed E-state index contributed by atoms with van der Waals surface area (Å²) in [5.41, 5.74) is 2.00. The highest BCUT2D eigenvalue weighted by molar-refractivity contribution is 7.89. The Bertz CT molecular complexity index is 1040. The minimum absolute atomic E-state index is 0.186. The van der Waals surface area contributed by atoms with E-state index >= 15 is 0 Å². The summed E-state index contributed by atoms with van der Waals surface area (Å²) in [5.74, 6) is -0.0685. The number of hydrogen-bond donors (Lipinski definition) is 2. The molecule has 160 valence electrons. The van der Waals surface area contributed by atoms with Crippen LogP contribution in [0.5, 0.6) is 0 Å². The van der Waals surface area contributed by atoms with Crippen molar-refractivity contribution in [2.45, 2.75) is 31.6 Å². The summed E-state index contributed by atoms with van der Waals surface area (Å²) in [6, 6.07) is 11.1. The van der Waals surface area contributed by atoms with E-state index in [1.54, 1.807) is 32.2 Å². The third-order valence-electron chi connectivity index (χ3n) is 5.55. The molecule has 30 heavy (non-hydrogen) atoms. The Morgan fingerprint density at radius 3 is 2.23 bits per heavy atom. The van der Waals surface area contributed by atoms with Crippen molar-refractivity contribution in [2.75, 3.05) is 25.5 Å². The van der Waals surface area contributed by atoms with E-state index in [1.165, 1.54) is 28.6 Å². The van der Waals surface area contributed by atoms with E-state index in [9.17, 15) is 18.0 Å². The molecule has 1 aliphatic heterocycles. The Morgan fingerprint density at radius 2 is 1.63 bits per heavy atom. The molecular formula is C22H27N3O4S. The number of amides is 2. The second kappa shape index (κ2) is 8.97. The third kappa shape index (κ3) is 4.55. The van der Waals surface area contributed by atoms with E-state index in [0.717, 1.165) is 12.8 Å². The molecule has 1 aliphatic rings. The molecule has 7 nitrogen and oxygen atoms in total. The van der Waals surface area contributed by atoms with Gasteiger partial charge in [0.2, 0.25) is 10.0 Å². The Morgan fingerprint density at radius 1 is 1.00 bits per heavy atom. The van der Waals surface area contributed by atoms with Gasteiger partial charge < -0.3 is 10.6 Å². The minimum atomic E-state index is -3.55. The summed E-state index contributed by atoms with van der Waals surface area (Å²) in [6.45, 7) is 4.93. The molecule has 2 N–H and O–H groups in total. The number of carbonyl (C=O) groups excluding carboxylic acids is 2. The van der Waals surface area contributed by atoms with Gasteiger partial charge in [-0.15, -0.1) is 0 Å². The van der Waals surface area contributed by atoms with Crippen LogP contribution in [0.1, 0.15) is 46.0 Å². The van der Waals surface area contributed by atoms with Crippen molar-refractivity contribution in [1.29, 1.82) is 0 Å². The van der Waals surface area contributed by atoms with Crippen molar-refractivity contribution in [1.82, 2.24) is 9.62 Å². The van der Waals surface area contributed by atoms with E-state index in [1.807, 2.05) is 0 Å². The molecule has 0 aromatic heterocycles. The largest absolute Gasteiger partial charge is 0.355 e. The van der Waals surface area contributed by atoms with E-state index < -0.39 is 10.0 Å². The molecule has 8 heteroatoms. The van der Waals surface area contributed by atoms with Gasteiger partial charge in [0, 0.05) is 37.0 Å². The number of hydrogen-bond acceptors (Lipinski definition) is 4. The second-order valence-corrected chi connectivity index (χ2v) is 9.56. The number of rotatable bonds is 5. The Balaban J connectivity index is 1.75. The van der Waals surface area contributed by atoms with Gasteiger partial charge in [0.1, 0.15) is 0 Å². The van der Waals surface area contributed by atoms with E-state index in [4.69, 9.17) is 0 Å². The van der Waals surface area contributed by atoms with Crippen LogP contribution in [-0.2, 0) is 10.0 Å². The number of carbonyl (C=O) groups is 2. The lowest BCUT2D eigenvalue weighted by Crippen LogP contribution is -2.37. The average Bonchev–Trinajstić information content (AvgIpc) is 2.75. The lowest BCUT2D eigenvalue weighted by atomic mass is 10.0. The van der Waals surface area contributed by atoms with Gasteiger partial charge in [-0.2, -0.15) is 4.31 Å². The van der Waals surface area contributed by atoms with Crippen molar-refractivity contribution in [3.05, 3.63) is 59.2 Å². The van der Waals surface area contributed by atoms with Gasteiger partial charge >= 0.3 is 0 Å². The van der Waals surface area contributed by atoms with Crippen molar-refractivity contribution < 1.29 is 18.0 Å². The van der Waals surface area contributed by atoms with E-state index in [0.29, 0.717) is 41.4 Å². The summed E-state index contributed by atoms with van der Waals surface area (Å²) in [6.07, 6.45) is 1.71. The van der Waals surface area contributed by atoms with Crippen molar-refractivity contribution >= 4 is 27.5 Å².